The summed E-state index contributed by atoms with van der Waals surface area (Å²) in [5, 5.41) is 9.03. The third-order valence-corrected chi connectivity index (χ3v) is 4.37. The highest BCUT2D eigenvalue weighted by Gasteiger charge is 2.34. The van der Waals surface area contributed by atoms with Crippen LogP contribution in [0.5, 0.6) is 0 Å². The number of aliphatic hydroxyl groups excluding tert-OH is 1. The van der Waals surface area contributed by atoms with Crippen molar-refractivity contribution in [3.63, 3.8) is 0 Å². The molecule has 0 aromatic carbocycles. The molecule has 1 aliphatic heterocycles. The molecule has 0 unspecified atom stereocenters. The fourth-order valence-electron chi connectivity index (χ4n) is 3.45. The predicted octanol–water partition coefficient (Wildman–Crippen LogP) is 2.13. The van der Waals surface area contributed by atoms with Crippen molar-refractivity contribution in [3.05, 3.63) is 18.0 Å². The molecule has 4 nitrogen and oxygen atoms in total. The lowest BCUT2D eigenvalue weighted by Crippen LogP contribution is -2.47. The van der Waals surface area contributed by atoms with E-state index in [2.05, 4.69) is 14.9 Å². The fourth-order valence-corrected chi connectivity index (χ4v) is 3.45. The number of nitrogens with zero attached hydrogens (tertiary/aromatic N) is 3. The maximum Gasteiger partial charge on any atom is 0.225 e. The Morgan fingerprint density at radius 1 is 1.11 bits per heavy atom. The summed E-state index contributed by atoms with van der Waals surface area (Å²) in [5.41, 5.74) is 0.788. The molecule has 1 aromatic rings. The highest BCUT2D eigenvalue weighted by molar-refractivity contribution is 5.33. The Bertz CT molecular complexity index is 391. The summed E-state index contributed by atoms with van der Waals surface area (Å²) in [4.78, 5) is 11.2. The normalized spacial score (nSPS) is 27.9. The zero-order valence-corrected chi connectivity index (χ0v) is 10.8. The van der Waals surface area contributed by atoms with Crippen molar-refractivity contribution in [2.45, 2.75) is 51.2 Å². The summed E-state index contributed by atoms with van der Waals surface area (Å²) in [6, 6.07) is 0.646. The lowest BCUT2D eigenvalue weighted by Gasteiger charge is -2.44. The Kier molecular flexibility index (Phi) is 3.46. The van der Waals surface area contributed by atoms with Gasteiger partial charge in [0.05, 0.1) is 6.61 Å². The van der Waals surface area contributed by atoms with Gasteiger partial charge in [0.15, 0.2) is 0 Å². The van der Waals surface area contributed by atoms with E-state index in [0.717, 1.165) is 24.0 Å². The number of aliphatic hydroxyl groups is 1. The second-order valence-corrected chi connectivity index (χ2v) is 5.50. The second kappa shape index (κ2) is 5.22. The van der Waals surface area contributed by atoms with Gasteiger partial charge in [0.25, 0.3) is 0 Å². The van der Waals surface area contributed by atoms with E-state index in [1.165, 1.54) is 38.5 Å². The quantitative estimate of drug-likeness (QED) is 0.869. The van der Waals surface area contributed by atoms with Crippen LogP contribution in [0.4, 0.5) is 5.95 Å². The fraction of sp³-hybridized carbons (Fsp3) is 0.714. The van der Waals surface area contributed by atoms with E-state index in [9.17, 15) is 0 Å². The van der Waals surface area contributed by atoms with Crippen LogP contribution >= 0.6 is 0 Å². The number of hydrogen-bond acceptors (Lipinski definition) is 4. The van der Waals surface area contributed by atoms with E-state index < -0.39 is 0 Å². The molecule has 4 heteroatoms. The van der Waals surface area contributed by atoms with E-state index in [4.69, 9.17) is 5.11 Å². The van der Waals surface area contributed by atoms with Crippen LogP contribution in [0.25, 0.3) is 0 Å². The van der Waals surface area contributed by atoms with E-state index >= 15 is 0 Å². The summed E-state index contributed by atoms with van der Waals surface area (Å²) in [7, 11) is 0. The first-order valence-electron chi connectivity index (χ1n) is 7.07. The average Bonchev–Trinajstić information content (AvgIpc) is 2.47. The molecule has 2 aliphatic rings. The molecular formula is C14H21N3O. The Morgan fingerprint density at radius 2 is 1.83 bits per heavy atom. The van der Waals surface area contributed by atoms with Crippen LogP contribution in [-0.4, -0.2) is 27.7 Å². The Hall–Kier alpha value is -1.16. The zero-order chi connectivity index (χ0) is 12.4. The molecular weight excluding hydrogens is 226 g/mol. The van der Waals surface area contributed by atoms with Gasteiger partial charge in [0.2, 0.25) is 5.95 Å². The number of hydrogen-bond donors (Lipinski definition) is 1. The molecule has 3 rings (SSSR count). The third-order valence-electron chi connectivity index (χ3n) is 4.37. The van der Waals surface area contributed by atoms with Crippen LogP contribution in [0.15, 0.2) is 12.4 Å². The van der Waals surface area contributed by atoms with Crippen LogP contribution in [-0.2, 0) is 6.61 Å². The van der Waals surface area contributed by atoms with Crippen molar-refractivity contribution in [2.75, 3.05) is 11.4 Å². The van der Waals surface area contributed by atoms with Crippen LogP contribution in [0.3, 0.4) is 0 Å². The number of anilines is 1. The van der Waals surface area contributed by atoms with Gasteiger partial charge in [-0.2, -0.15) is 0 Å². The number of aromatic nitrogens is 2. The Morgan fingerprint density at radius 3 is 2.61 bits per heavy atom. The molecule has 0 amide bonds. The molecule has 1 saturated carbocycles. The van der Waals surface area contributed by atoms with Crippen molar-refractivity contribution in [1.29, 1.82) is 0 Å². The van der Waals surface area contributed by atoms with Gasteiger partial charge >= 0.3 is 0 Å². The second-order valence-electron chi connectivity index (χ2n) is 5.50. The minimum atomic E-state index is 0.0202. The molecule has 1 aromatic heterocycles. The maximum absolute atomic E-state index is 9.03. The van der Waals surface area contributed by atoms with E-state index in [0.29, 0.717) is 6.04 Å². The standard InChI is InChI=1S/C14H21N3O/c18-10-11-8-15-14(16-9-11)17-7-3-5-12-4-1-2-6-13(12)17/h8-9,12-13,18H,1-7,10H2/t12-,13-/m1/s1. The highest BCUT2D eigenvalue weighted by atomic mass is 16.3. The van der Waals surface area contributed by atoms with Crippen molar-refractivity contribution < 1.29 is 5.11 Å². The number of fused-ring (bicyclic) bond motifs is 1. The van der Waals surface area contributed by atoms with E-state index in [1.54, 1.807) is 12.4 Å². The van der Waals surface area contributed by atoms with Gasteiger partial charge in [-0.3, -0.25) is 0 Å². The van der Waals surface area contributed by atoms with Gasteiger partial charge in [-0.1, -0.05) is 12.8 Å². The monoisotopic (exact) mass is 247 g/mol. The molecule has 0 spiro atoms. The van der Waals surface area contributed by atoms with Gasteiger partial charge in [0.1, 0.15) is 0 Å². The lowest BCUT2D eigenvalue weighted by molar-refractivity contribution is 0.241. The van der Waals surface area contributed by atoms with Gasteiger partial charge in [-0.15, -0.1) is 0 Å². The summed E-state index contributed by atoms with van der Waals surface area (Å²) in [6.07, 6.45) is 11.5. The van der Waals surface area contributed by atoms with Crippen LogP contribution in [0, 0.1) is 5.92 Å². The van der Waals surface area contributed by atoms with Gasteiger partial charge in [0, 0.05) is 30.5 Å². The van der Waals surface area contributed by atoms with Crippen LogP contribution in [0.2, 0.25) is 0 Å². The van der Waals surface area contributed by atoms with E-state index in [1.807, 2.05) is 0 Å². The van der Waals surface area contributed by atoms with Crippen LogP contribution in [0.1, 0.15) is 44.1 Å². The number of rotatable bonds is 2. The van der Waals surface area contributed by atoms with Crippen molar-refractivity contribution >= 4 is 5.95 Å². The van der Waals surface area contributed by atoms with E-state index in [-0.39, 0.29) is 6.61 Å². The van der Waals surface area contributed by atoms with Gasteiger partial charge < -0.3 is 10.0 Å². The molecule has 0 bridgehead atoms. The lowest BCUT2D eigenvalue weighted by atomic mass is 9.78. The molecule has 18 heavy (non-hydrogen) atoms. The first-order valence-corrected chi connectivity index (χ1v) is 7.07. The summed E-state index contributed by atoms with van der Waals surface area (Å²) >= 11 is 0. The highest BCUT2D eigenvalue weighted by Crippen LogP contribution is 2.36. The molecule has 2 fully saturated rings. The number of piperidine rings is 1. The molecule has 2 atom stereocenters. The maximum atomic E-state index is 9.03. The first-order chi connectivity index (χ1) is 8.88. The van der Waals surface area contributed by atoms with Gasteiger partial charge in [-0.05, 0) is 31.6 Å². The topological polar surface area (TPSA) is 49.3 Å². The van der Waals surface area contributed by atoms with Crippen molar-refractivity contribution in [2.24, 2.45) is 5.92 Å². The first kappa shape index (κ1) is 11.9. The van der Waals surface area contributed by atoms with Crippen LogP contribution < -0.4 is 4.90 Å². The Balaban J connectivity index is 1.80. The average molecular weight is 247 g/mol. The van der Waals surface area contributed by atoms with Gasteiger partial charge in [-0.25, -0.2) is 9.97 Å². The molecule has 2 heterocycles. The summed E-state index contributed by atoms with van der Waals surface area (Å²) < 4.78 is 0. The minimum Gasteiger partial charge on any atom is -0.392 e. The third kappa shape index (κ3) is 2.21. The van der Waals surface area contributed by atoms with Crippen molar-refractivity contribution in [3.8, 4) is 0 Å². The SMILES string of the molecule is OCc1cnc(N2CCC[C@H]3CCCC[C@H]32)nc1. The minimum absolute atomic E-state index is 0.0202. The predicted molar refractivity (Wildman–Crippen MR) is 70.3 cm³/mol. The molecule has 98 valence electrons. The molecule has 1 aliphatic carbocycles. The van der Waals surface area contributed by atoms with Crippen molar-refractivity contribution in [1.82, 2.24) is 9.97 Å². The molecule has 1 saturated heterocycles. The Labute approximate surface area is 108 Å². The zero-order valence-electron chi connectivity index (χ0n) is 10.8. The largest absolute Gasteiger partial charge is 0.392 e. The molecule has 0 radical (unpaired) electrons. The summed E-state index contributed by atoms with van der Waals surface area (Å²) in [5.74, 6) is 1.69. The summed E-state index contributed by atoms with van der Waals surface area (Å²) in [6.45, 7) is 1.10. The smallest absolute Gasteiger partial charge is 0.225 e. The molecule has 1 N–H and O–H groups in total.